The molecule has 3 aromatic carbocycles. The Morgan fingerprint density at radius 1 is 0.973 bits per heavy atom. The van der Waals surface area contributed by atoms with Gasteiger partial charge in [-0.05, 0) is 72.3 Å². The summed E-state index contributed by atoms with van der Waals surface area (Å²) in [5.74, 6) is 0.753. The second-order valence-corrected chi connectivity index (χ2v) is 8.95. The number of hydrogen-bond acceptors (Lipinski definition) is 7. The van der Waals surface area contributed by atoms with Gasteiger partial charge in [0, 0.05) is 5.69 Å². The number of anilines is 1. The number of benzene rings is 3. The summed E-state index contributed by atoms with van der Waals surface area (Å²) in [4.78, 5) is 39.0. The summed E-state index contributed by atoms with van der Waals surface area (Å²) >= 11 is 0.791. The molecule has 9 heteroatoms. The van der Waals surface area contributed by atoms with Gasteiger partial charge in [0.1, 0.15) is 18.9 Å². The Labute approximate surface area is 219 Å². The molecule has 190 valence electrons. The Hall–Kier alpha value is -4.24. The van der Waals surface area contributed by atoms with Crippen LogP contribution in [0.4, 0.5) is 10.5 Å². The van der Waals surface area contributed by atoms with Crippen molar-refractivity contribution >= 4 is 40.6 Å². The van der Waals surface area contributed by atoms with Crippen molar-refractivity contribution in [2.24, 2.45) is 0 Å². The first-order valence-electron chi connectivity index (χ1n) is 11.6. The summed E-state index contributed by atoms with van der Waals surface area (Å²) in [6.07, 6.45) is 1.61. The number of nitrogens with one attached hydrogen (secondary N) is 1. The van der Waals surface area contributed by atoms with E-state index < -0.39 is 17.1 Å². The molecular formula is C28H26N2O6S. The first-order valence-corrected chi connectivity index (χ1v) is 12.4. The van der Waals surface area contributed by atoms with Crippen molar-refractivity contribution in [2.45, 2.75) is 13.5 Å². The monoisotopic (exact) mass is 518 g/mol. The van der Waals surface area contributed by atoms with E-state index in [0.717, 1.165) is 22.2 Å². The van der Waals surface area contributed by atoms with Gasteiger partial charge in [-0.1, -0.05) is 36.4 Å². The number of hydrogen-bond donors (Lipinski definition) is 1. The van der Waals surface area contributed by atoms with Crippen molar-refractivity contribution < 1.29 is 28.6 Å². The zero-order valence-corrected chi connectivity index (χ0v) is 21.2. The fourth-order valence-corrected chi connectivity index (χ4v) is 4.38. The number of carbonyl (C=O) groups excluding carboxylic acids is 3. The average Bonchev–Trinajstić information content (AvgIpc) is 3.16. The maximum absolute atomic E-state index is 12.9. The van der Waals surface area contributed by atoms with Gasteiger partial charge in [0.25, 0.3) is 11.1 Å². The zero-order chi connectivity index (χ0) is 26.2. The van der Waals surface area contributed by atoms with E-state index in [2.05, 4.69) is 5.32 Å². The standard InChI is InChI=1S/C28H26N2O6S/c1-3-35-24-15-20(9-14-23(24)36-18-19-7-5-4-6-8-19)16-25-27(32)30(28(33)37-25)17-26(31)29-21-10-12-22(34-2)13-11-21/h4-16H,3,17-18H2,1-2H3,(H,29,31)/b25-16+. The third kappa shape index (κ3) is 6.71. The van der Waals surface area contributed by atoms with Crippen LogP contribution < -0.4 is 19.5 Å². The summed E-state index contributed by atoms with van der Waals surface area (Å²) < 4.78 is 16.8. The zero-order valence-electron chi connectivity index (χ0n) is 20.4. The van der Waals surface area contributed by atoms with Crippen LogP contribution in [0.5, 0.6) is 17.2 Å². The van der Waals surface area contributed by atoms with Crippen LogP contribution in [0.1, 0.15) is 18.1 Å². The van der Waals surface area contributed by atoms with Crippen LogP contribution >= 0.6 is 11.8 Å². The van der Waals surface area contributed by atoms with Gasteiger partial charge >= 0.3 is 0 Å². The second-order valence-electron chi connectivity index (χ2n) is 7.96. The first kappa shape index (κ1) is 25.8. The fourth-order valence-electron chi connectivity index (χ4n) is 3.54. The molecular weight excluding hydrogens is 492 g/mol. The fraction of sp³-hybridized carbons (Fsp3) is 0.179. The highest BCUT2D eigenvalue weighted by atomic mass is 32.2. The predicted octanol–water partition coefficient (Wildman–Crippen LogP) is 5.35. The van der Waals surface area contributed by atoms with Crippen molar-refractivity contribution in [3.63, 3.8) is 0 Å². The van der Waals surface area contributed by atoms with Crippen LogP contribution in [0.15, 0.2) is 77.7 Å². The third-order valence-electron chi connectivity index (χ3n) is 5.35. The van der Waals surface area contributed by atoms with Crippen LogP contribution in [0, 0.1) is 0 Å². The maximum Gasteiger partial charge on any atom is 0.294 e. The summed E-state index contributed by atoms with van der Waals surface area (Å²) in [5.41, 5.74) is 2.23. The van der Waals surface area contributed by atoms with E-state index in [0.29, 0.717) is 41.7 Å². The topological polar surface area (TPSA) is 94.2 Å². The van der Waals surface area contributed by atoms with Gasteiger partial charge in [0.2, 0.25) is 5.91 Å². The van der Waals surface area contributed by atoms with E-state index in [1.54, 1.807) is 55.7 Å². The number of thioether (sulfide) groups is 1. The first-order chi connectivity index (χ1) is 18.0. The molecule has 4 rings (SSSR count). The molecule has 1 aliphatic rings. The Kier molecular flexibility index (Phi) is 8.48. The minimum absolute atomic E-state index is 0.225. The molecule has 1 aliphatic heterocycles. The second kappa shape index (κ2) is 12.1. The molecule has 0 aliphatic carbocycles. The normalized spacial score (nSPS) is 14.1. The Morgan fingerprint density at radius 2 is 1.73 bits per heavy atom. The molecule has 8 nitrogen and oxygen atoms in total. The van der Waals surface area contributed by atoms with Gasteiger partial charge < -0.3 is 19.5 Å². The summed E-state index contributed by atoms with van der Waals surface area (Å²) in [5, 5.41) is 2.17. The Balaban J connectivity index is 1.43. The lowest BCUT2D eigenvalue weighted by Gasteiger charge is -2.13. The summed E-state index contributed by atoms with van der Waals surface area (Å²) in [6, 6.07) is 21.8. The Bertz CT molecular complexity index is 1310. The Morgan fingerprint density at radius 3 is 2.43 bits per heavy atom. The highest BCUT2D eigenvalue weighted by Crippen LogP contribution is 2.35. The van der Waals surface area contributed by atoms with Crippen LogP contribution in [0.25, 0.3) is 6.08 Å². The smallest absolute Gasteiger partial charge is 0.294 e. The molecule has 0 radical (unpaired) electrons. The molecule has 0 spiro atoms. The van der Waals surface area contributed by atoms with Gasteiger partial charge in [0.15, 0.2) is 11.5 Å². The molecule has 0 saturated carbocycles. The minimum Gasteiger partial charge on any atom is -0.497 e. The van der Waals surface area contributed by atoms with Crippen LogP contribution in [-0.2, 0) is 16.2 Å². The van der Waals surface area contributed by atoms with Crippen molar-refractivity contribution in [3.05, 3.63) is 88.8 Å². The molecule has 1 saturated heterocycles. The van der Waals surface area contributed by atoms with E-state index in [1.807, 2.05) is 37.3 Å². The third-order valence-corrected chi connectivity index (χ3v) is 6.26. The minimum atomic E-state index is -0.526. The van der Waals surface area contributed by atoms with Gasteiger partial charge in [-0.3, -0.25) is 19.3 Å². The number of amides is 3. The lowest BCUT2D eigenvalue weighted by molar-refractivity contribution is -0.127. The van der Waals surface area contributed by atoms with Crippen molar-refractivity contribution in [1.29, 1.82) is 0 Å². The quantitative estimate of drug-likeness (QED) is 0.362. The number of carbonyl (C=O) groups is 3. The van der Waals surface area contributed by atoms with Crippen molar-refractivity contribution in [3.8, 4) is 17.2 Å². The number of nitrogens with zero attached hydrogens (tertiary/aromatic N) is 1. The van der Waals surface area contributed by atoms with Gasteiger partial charge in [-0.25, -0.2) is 0 Å². The number of methoxy groups -OCH3 is 1. The molecule has 0 bridgehead atoms. The highest BCUT2D eigenvalue weighted by molar-refractivity contribution is 8.18. The van der Waals surface area contributed by atoms with E-state index in [9.17, 15) is 14.4 Å². The SMILES string of the molecule is CCOc1cc(/C=C2/SC(=O)N(CC(=O)Nc3ccc(OC)cc3)C2=O)ccc1OCc1ccccc1. The molecule has 0 unspecified atom stereocenters. The largest absolute Gasteiger partial charge is 0.497 e. The van der Waals surface area contributed by atoms with E-state index in [1.165, 1.54) is 0 Å². The van der Waals surface area contributed by atoms with Gasteiger partial charge in [-0.15, -0.1) is 0 Å². The lowest BCUT2D eigenvalue weighted by Crippen LogP contribution is -2.36. The molecule has 1 N–H and O–H groups in total. The highest BCUT2D eigenvalue weighted by Gasteiger charge is 2.36. The summed E-state index contributed by atoms with van der Waals surface area (Å²) in [7, 11) is 1.55. The molecule has 0 aromatic heterocycles. The molecule has 37 heavy (non-hydrogen) atoms. The molecule has 3 aromatic rings. The molecule has 1 heterocycles. The predicted molar refractivity (Wildman–Crippen MR) is 143 cm³/mol. The molecule has 1 fully saturated rings. The van der Waals surface area contributed by atoms with Crippen LogP contribution in [0.2, 0.25) is 0 Å². The van der Waals surface area contributed by atoms with Gasteiger partial charge in [0.05, 0.1) is 18.6 Å². The number of ether oxygens (including phenoxy) is 3. The van der Waals surface area contributed by atoms with Crippen LogP contribution in [0.3, 0.4) is 0 Å². The van der Waals surface area contributed by atoms with Gasteiger partial charge in [-0.2, -0.15) is 0 Å². The van der Waals surface area contributed by atoms with Crippen molar-refractivity contribution in [2.75, 3.05) is 25.6 Å². The van der Waals surface area contributed by atoms with E-state index in [-0.39, 0.29) is 11.4 Å². The lowest BCUT2D eigenvalue weighted by atomic mass is 10.1. The maximum atomic E-state index is 12.9. The molecule has 3 amide bonds. The summed E-state index contributed by atoms with van der Waals surface area (Å²) in [6.45, 7) is 2.31. The van der Waals surface area contributed by atoms with E-state index in [4.69, 9.17) is 14.2 Å². The van der Waals surface area contributed by atoms with E-state index >= 15 is 0 Å². The number of imide groups is 1. The van der Waals surface area contributed by atoms with Crippen LogP contribution in [-0.4, -0.2) is 42.2 Å². The number of rotatable bonds is 10. The molecule has 0 atom stereocenters. The average molecular weight is 519 g/mol. The van der Waals surface area contributed by atoms with Crippen molar-refractivity contribution in [1.82, 2.24) is 4.90 Å².